The van der Waals surface area contributed by atoms with E-state index in [9.17, 15) is 9.59 Å². The van der Waals surface area contributed by atoms with E-state index in [1.165, 1.54) is 6.92 Å². The molecule has 64 valence electrons. The molecule has 0 radical (unpaired) electrons. The minimum absolute atomic E-state index is 0.00833. The van der Waals surface area contributed by atoms with Crippen LogP contribution in [0.3, 0.4) is 0 Å². The van der Waals surface area contributed by atoms with Crippen LogP contribution in [0.4, 0.5) is 0 Å². The summed E-state index contributed by atoms with van der Waals surface area (Å²) in [6.07, 6.45) is 1.45. The average molecular weight is 165 g/mol. The van der Waals surface area contributed by atoms with E-state index in [4.69, 9.17) is 5.26 Å². The second kappa shape index (κ2) is 3.48. The highest BCUT2D eigenvalue weighted by Crippen LogP contribution is 2.26. The van der Waals surface area contributed by atoms with Crippen molar-refractivity contribution in [3.63, 3.8) is 0 Å². The zero-order chi connectivity index (χ0) is 9.14. The van der Waals surface area contributed by atoms with Crippen molar-refractivity contribution in [2.75, 3.05) is 0 Å². The molecular weight excluding hydrogens is 154 g/mol. The summed E-state index contributed by atoms with van der Waals surface area (Å²) in [6.45, 7) is 1.42. The molecule has 0 amide bonds. The summed E-state index contributed by atoms with van der Waals surface area (Å²) in [5.41, 5.74) is 0. The molecule has 1 fully saturated rings. The van der Waals surface area contributed by atoms with Crippen molar-refractivity contribution in [1.29, 1.82) is 5.26 Å². The molecule has 1 saturated carbocycles. The van der Waals surface area contributed by atoms with Crippen molar-refractivity contribution in [1.82, 2.24) is 0 Å². The predicted molar refractivity (Wildman–Crippen MR) is 42.1 cm³/mol. The number of carbonyl (C=O) groups excluding carboxylic acids is 2. The van der Waals surface area contributed by atoms with Crippen molar-refractivity contribution < 1.29 is 9.59 Å². The molecule has 0 aromatic rings. The Hall–Kier alpha value is -1.17. The molecule has 1 aliphatic carbocycles. The Morgan fingerprint density at radius 2 is 2.33 bits per heavy atom. The van der Waals surface area contributed by atoms with E-state index in [-0.39, 0.29) is 17.5 Å². The number of carbonyl (C=O) groups is 2. The molecule has 1 aliphatic rings. The molecule has 0 bridgehead atoms. The van der Waals surface area contributed by atoms with E-state index >= 15 is 0 Å². The van der Waals surface area contributed by atoms with Gasteiger partial charge in [0.05, 0.1) is 12.0 Å². The Morgan fingerprint density at radius 3 is 2.83 bits per heavy atom. The number of rotatable bonds is 1. The number of ketones is 2. The van der Waals surface area contributed by atoms with E-state index in [1.54, 1.807) is 0 Å². The standard InChI is InChI=1S/C9H11NO2/c1-6(11)8-4-7(5-10)2-3-9(8)12/h7-8H,2-4H2,1H3. The fraction of sp³-hybridized carbons (Fsp3) is 0.667. The number of hydrogen-bond acceptors (Lipinski definition) is 3. The van der Waals surface area contributed by atoms with Crippen molar-refractivity contribution >= 4 is 11.6 Å². The smallest absolute Gasteiger partial charge is 0.143 e. The third-order valence-electron chi connectivity index (χ3n) is 2.32. The molecule has 2 atom stereocenters. The number of nitrogens with zero attached hydrogens (tertiary/aromatic N) is 1. The Balaban J connectivity index is 2.67. The van der Waals surface area contributed by atoms with Crippen LogP contribution in [0.2, 0.25) is 0 Å². The fourth-order valence-corrected chi connectivity index (χ4v) is 1.53. The number of Topliss-reactive ketones (excluding diaryl/α,β-unsaturated/α-hetero) is 2. The normalized spacial score (nSPS) is 29.5. The first-order chi connectivity index (χ1) is 5.65. The van der Waals surface area contributed by atoms with Crippen LogP contribution in [0.25, 0.3) is 0 Å². The van der Waals surface area contributed by atoms with Gasteiger partial charge in [-0.2, -0.15) is 5.26 Å². The summed E-state index contributed by atoms with van der Waals surface area (Å²) >= 11 is 0. The Kier molecular flexibility index (Phi) is 2.59. The van der Waals surface area contributed by atoms with E-state index in [1.807, 2.05) is 0 Å². The quantitative estimate of drug-likeness (QED) is 0.546. The average Bonchev–Trinajstić information content (AvgIpc) is 2.05. The van der Waals surface area contributed by atoms with E-state index in [0.717, 1.165) is 0 Å². The van der Waals surface area contributed by atoms with Gasteiger partial charge in [0.1, 0.15) is 11.6 Å². The lowest BCUT2D eigenvalue weighted by Gasteiger charge is -2.21. The molecule has 2 unspecified atom stereocenters. The highest BCUT2D eigenvalue weighted by Gasteiger charge is 2.31. The van der Waals surface area contributed by atoms with Crippen molar-refractivity contribution in [2.45, 2.75) is 26.2 Å². The van der Waals surface area contributed by atoms with Crippen LogP contribution in [-0.4, -0.2) is 11.6 Å². The molecule has 12 heavy (non-hydrogen) atoms. The van der Waals surface area contributed by atoms with Crippen LogP contribution in [0, 0.1) is 23.2 Å². The van der Waals surface area contributed by atoms with Gasteiger partial charge in [-0.1, -0.05) is 0 Å². The first-order valence-electron chi connectivity index (χ1n) is 4.08. The van der Waals surface area contributed by atoms with Crippen LogP contribution < -0.4 is 0 Å². The minimum Gasteiger partial charge on any atom is -0.299 e. The third-order valence-corrected chi connectivity index (χ3v) is 2.32. The molecule has 0 aromatic heterocycles. The monoisotopic (exact) mass is 165 g/mol. The summed E-state index contributed by atoms with van der Waals surface area (Å²) < 4.78 is 0. The summed E-state index contributed by atoms with van der Waals surface area (Å²) in [4.78, 5) is 22.1. The second-order valence-corrected chi connectivity index (χ2v) is 3.23. The van der Waals surface area contributed by atoms with Crippen molar-refractivity contribution in [3.05, 3.63) is 0 Å². The number of hydrogen-bond donors (Lipinski definition) is 0. The molecule has 3 nitrogen and oxygen atoms in total. The maximum Gasteiger partial charge on any atom is 0.143 e. The van der Waals surface area contributed by atoms with E-state index in [0.29, 0.717) is 19.3 Å². The lowest BCUT2D eigenvalue weighted by molar-refractivity contribution is -0.133. The molecule has 0 saturated heterocycles. The van der Waals surface area contributed by atoms with Gasteiger partial charge in [0.15, 0.2) is 0 Å². The SMILES string of the molecule is CC(=O)C1CC(C#N)CCC1=O. The molecular formula is C9H11NO2. The highest BCUT2D eigenvalue weighted by atomic mass is 16.1. The van der Waals surface area contributed by atoms with Crippen LogP contribution in [0.15, 0.2) is 0 Å². The Labute approximate surface area is 71.4 Å². The third kappa shape index (κ3) is 1.70. The molecule has 0 spiro atoms. The van der Waals surface area contributed by atoms with Gasteiger partial charge < -0.3 is 0 Å². The Morgan fingerprint density at radius 1 is 1.67 bits per heavy atom. The van der Waals surface area contributed by atoms with Crippen LogP contribution in [0.5, 0.6) is 0 Å². The largest absolute Gasteiger partial charge is 0.299 e. The zero-order valence-electron chi connectivity index (χ0n) is 7.04. The van der Waals surface area contributed by atoms with Crippen LogP contribution >= 0.6 is 0 Å². The van der Waals surface area contributed by atoms with E-state index in [2.05, 4.69) is 6.07 Å². The van der Waals surface area contributed by atoms with Gasteiger partial charge in [-0.15, -0.1) is 0 Å². The molecule has 0 heterocycles. The molecule has 1 rings (SSSR count). The molecule has 0 aromatic carbocycles. The van der Waals surface area contributed by atoms with E-state index < -0.39 is 5.92 Å². The maximum atomic E-state index is 11.2. The maximum absolute atomic E-state index is 11.2. The first kappa shape index (κ1) is 8.92. The van der Waals surface area contributed by atoms with Gasteiger partial charge in [-0.25, -0.2) is 0 Å². The van der Waals surface area contributed by atoms with Gasteiger partial charge >= 0.3 is 0 Å². The lowest BCUT2D eigenvalue weighted by atomic mass is 9.79. The second-order valence-electron chi connectivity index (χ2n) is 3.23. The topological polar surface area (TPSA) is 57.9 Å². The van der Waals surface area contributed by atoms with Crippen LogP contribution in [0.1, 0.15) is 26.2 Å². The number of nitriles is 1. The first-order valence-corrected chi connectivity index (χ1v) is 4.08. The van der Waals surface area contributed by atoms with Gasteiger partial charge in [-0.3, -0.25) is 9.59 Å². The van der Waals surface area contributed by atoms with Crippen molar-refractivity contribution in [2.24, 2.45) is 11.8 Å². The van der Waals surface area contributed by atoms with Gasteiger partial charge in [0.25, 0.3) is 0 Å². The van der Waals surface area contributed by atoms with Gasteiger partial charge in [0, 0.05) is 12.3 Å². The summed E-state index contributed by atoms with van der Waals surface area (Å²) in [6, 6.07) is 2.10. The molecule has 3 heteroatoms. The summed E-state index contributed by atoms with van der Waals surface area (Å²) in [5, 5.41) is 8.60. The lowest BCUT2D eigenvalue weighted by Crippen LogP contribution is -2.29. The Bertz CT molecular complexity index is 252. The zero-order valence-corrected chi connectivity index (χ0v) is 7.04. The highest BCUT2D eigenvalue weighted by molar-refractivity contribution is 6.01. The molecule has 0 aliphatic heterocycles. The molecule has 0 N–H and O–H groups in total. The summed E-state index contributed by atoms with van der Waals surface area (Å²) in [7, 11) is 0. The van der Waals surface area contributed by atoms with Crippen molar-refractivity contribution in [3.8, 4) is 6.07 Å². The van der Waals surface area contributed by atoms with Gasteiger partial charge in [-0.05, 0) is 19.8 Å². The predicted octanol–water partition coefficient (Wildman–Crippen LogP) is 1.08. The van der Waals surface area contributed by atoms with Gasteiger partial charge in [0.2, 0.25) is 0 Å². The van der Waals surface area contributed by atoms with Crippen LogP contribution in [-0.2, 0) is 9.59 Å². The summed E-state index contributed by atoms with van der Waals surface area (Å²) in [5.74, 6) is -0.686. The fourth-order valence-electron chi connectivity index (χ4n) is 1.53. The minimum atomic E-state index is -0.497.